The van der Waals surface area contributed by atoms with Crippen LogP contribution in [0.15, 0.2) is 53.6 Å². The minimum atomic E-state index is -0.224. The first kappa shape index (κ1) is 22.2. The lowest BCUT2D eigenvalue weighted by Crippen LogP contribution is -2.41. The van der Waals surface area contributed by atoms with Crippen molar-refractivity contribution in [2.45, 2.75) is 51.5 Å². The van der Waals surface area contributed by atoms with Gasteiger partial charge in [0, 0.05) is 29.8 Å². The van der Waals surface area contributed by atoms with Crippen molar-refractivity contribution in [3.8, 4) is 11.4 Å². The van der Waals surface area contributed by atoms with E-state index in [0.717, 1.165) is 40.3 Å². The lowest BCUT2D eigenvalue weighted by atomic mass is 9.94. The largest absolute Gasteiger partial charge is 0.497 e. The van der Waals surface area contributed by atoms with Crippen LogP contribution >= 0.6 is 0 Å². The van der Waals surface area contributed by atoms with Crippen LogP contribution in [0.1, 0.15) is 60.7 Å². The van der Waals surface area contributed by atoms with Crippen molar-refractivity contribution in [1.82, 2.24) is 20.1 Å². The Hall–Kier alpha value is -3.61. The minimum Gasteiger partial charge on any atom is -0.497 e. The molecule has 176 valence electrons. The fourth-order valence-electron chi connectivity index (χ4n) is 4.57. The maximum Gasteiger partial charge on any atom is 0.337 e. The van der Waals surface area contributed by atoms with E-state index in [4.69, 9.17) is 14.9 Å². The lowest BCUT2D eigenvalue weighted by molar-refractivity contribution is 0.184. The first-order valence-corrected chi connectivity index (χ1v) is 12.0. The number of aryl methyl sites for hydroxylation is 1. The van der Waals surface area contributed by atoms with E-state index in [9.17, 15) is 4.79 Å². The second kappa shape index (κ2) is 8.97. The summed E-state index contributed by atoms with van der Waals surface area (Å²) in [5.41, 5.74) is 7.26. The molecule has 0 radical (unpaired) electrons. The lowest BCUT2D eigenvalue weighted by Gasteiger charge is -2.22. The molecule has 3 aromatic rings. The van der Waals surface area contributed by atoms with Crippen LogP contribution in [0.4, 0.5) is 4.79 Å². The van der Waals surface area contributed by atoms with E-state index in [2.05, 4.69) is 53.3 Å². The molecule has 1 aliphatic carbocycles. The highest BCUT2D eigenvalue weighted by atomic mass is 16.5. The van der Waals surface area contributed by atoms with E-state index < -0.39 is 0 Å². The summed E-state index contributed by atoms with van der Waals surface area (Å²) in [5.74, 6) is 1.39. The summed E-state index contributed by atoms with van der Waals surface area (Å²) >= 11 is 0. The first-order chi connectivity index (χ1) is 16.5. The molecular weight excluding hydrogens is 426 g/mol. The second-order valence-corrected chi connectivity index (χ2v) is 9.07. The highest BCUT2D eigenvalue weighted by Crippen LogP contribution is 2.39. The van der Waals surface area contributed by atoms with Crippen LogP contribution < -0.4 is 10.1 Å². The molecule has 34 heavy (non-hydrogen) atoms. The van der Waals surface area contributed by atoms with Crippen LogP contribution in [0.25, 0.3) is 5.69 Å². The zero-order valence-corrected chi connectivity index (χ0v) is 20.2. The zero-order valence-electron chi connectivity index (χ0n) is 20.2. The highest BCUT2D eigenvalue weighted by molar-refractivity contribution is 6.14. The molecule has 1 N–H and O–H groups in total. The summed E-state index contributed by atoms with van der Waals surface area (Å²) in [6.07, 6.45) is 4.11. The Morgan fingerprint density at radius 1 is 1.15 bits per heavy atom. The minimum absolute atomic E-state index is 0.0825. The summed E-state index contributed by atoms with van der Waals surface area (Å²) in [4.78, 5) is 12.6. The molecule has 0 saturated heterocycles. The SMILES string of the molecule is CCc1cc(C2CC2)nn1-c1ccc(C2=NN(C(=O)NC)[C@@H](C)Cc3ccc(OC)cc32)cc1. The number of fused-ring (bicyclic) bond motifs is 1. The average Bonchev–Trinajstić information content (AvgIpc) is 3.65. The number of benzene rings is 2. The number of rotatable bonds is 5. The molecule has 2 heterocycles. The van der Waals surface area contributed by atoms with Crippen LogP contribution in [0, 0.1) is 0 Å². The van der Waals surface area contributed by atoms with Gasteiger partial charge >= 0.3 is 6.03 Å². The Balaban J connectivity index is 1.57. The predicted molar refractivity (Wildman–Crippen MR) is 133 cm³/mol. The average molecular weight is 458 g/mol. The van der Waals surface area contributed by atoms with E-state index in [1.807, 2.05) is 19.1 Å². The van der Waals surface area contributed by atoms with Gasteiger partial charge in [-0.3, -0.25) is 0 Å². The molecular formula is C27H31N5O2. The summed E-state index contributed by atoms with van der Waals surface area (Å²) in [6.45, 7) is 4.18. The molecule has 1 aliphatic heterocycles. The Morgan fingerprint density at radius 2 is 1.91 bits per heavy atom. The fraction of sp³-hybridized carbons (Fsp3) is 0.370. The van der Waals surface area contributed by atoms with E-state index in [-0.39, 0.29) is 12.1 Å². The summed E-state index contributed by atoms with van der Waals surface area (Å²) in [6, 6.07) is 16.3. The third-order valence-electron chi connectivity index (χ3n) is 6.68. The van der Waals surface area contributed by atoms with Crippen LogP contribution in [0.3, 0.4) is 0 Å². The van der Waals surface area contributed by atoms with E-state index in [1.54, 1.807) is 19.2 Å². The van der Waals surface area contributed by atoms with Crippen molar-refractivity contribution in [3.05, 3.63) is 76.6 Å². The third-order valence-corrected chi connectivity index (χ3v) is 6.68. The van der Waals surface area contributed by atoms with Gasteiger partial charge in [-0.25, -0.2) is 14.5 Å². The number of hydrazone groups is 1. The number of hydrogen-bond acceptors (Lipinski definition) is 4. The van der Waals surface area contributed by atoms with Gasteiger partial charge < -0.3 is 10.1 Å². The number of carbonyl (C=O) groups excluding carboxylic acids is 1. The van der Waals surface area contributed by atoms with Crippen LogP contribution in [-0.4, -0.2) is 46.7 Å². The Morgan fingerprint density at radius 3 is 2.56 bits per heavy atom. The number of aromatic nitrogens is 2. The molecule has 0 unspecified atom stereocenters. The molecule has 7 nitrogen and oxygen atoms in total. The van der Waals surface area contributed by atoms with Gasteiger partial charge in [0.05, 0.1) is 30.2 Å². The fourth-order valence-corrected chi connectivity index (χ4v) is 4.57. The number of amides is 2. The van der Waals surface area contributed by atoms with Gasteiger partial charge in [0.15, 0.2) is 0 Å². The van der Waals surface area contributed by atoms with E-state index in [0.29, 0.717) is 12.3 Å². The van der Waals surface area contributed by atoms with Gasteiger partial charge in [0.25, 0.3) is 0 Å². The van der Waals surface area contributed by atoms with Crippen LogP contribution in [0.2, 0.25) is 0 Å². The summed E-state index contributed by atoms with van der Waals surface area (Å²) < 4.78 is 7.55. The van der Waals surface area contributed by atoms with Gasteiger partial charge in [0.1, 0.15) is 5.75 Å². The molecule has 1 aromatic heterocycles. The normalized spacial score (nSPS) is 17.6. The van der Waals surface area contributed by atoms with Gasteiger partial charge in [0.2, 0.25) is 0 Å². The van der Waals surface area contributed by atoms with Crippen molar-refractivity contribution in [2.75, 3.05) is 14.2 Å². The first-order valence-electron chi connectivity index (χ1n) is 12.0. The number of hydrogen-bond donors (Lipinski definition) is 1. The van der Waals surface area contributed by atoms with Gasteiger partial charge in [-0.05, 0) is 68.5 Å². The molecule has 5 rings (SSSR count). The number of nitrogens with zero attached hydrogens (tertiary/aromatic N) is 4. The highest BCUT2D eigenvalue weighted by Gasteiger charge is 2.28. The molecule has 2 aliphatic rings. The molecule has 2 aromatic carbocycles. The predicted octanol–water partition coefficient (Wildman–Crippen LogP) is 4.66. The maximum absolute atomic E-state index is 12.6. The molecule has 1 fully saturated rings. The summed E-state index contributed by atoms with van der Waals surface area (Å²) in [5, 5.41) is 14.0. The number of methoxy groups -OCH3 is 1. The maximum atomic E-state index is 12.6. The van der Waals surface area contributed by atoms with Crippen molar-refractivity contribution in [3.63, 3.8) is 0 Å². The molecule has 7 heteroatoms. The standard InChI is InChI=1S/C27H31N5O2/c1-5-21-15-25(18-6-7-18)29-32(21)22-11-8-19(9-12-22)26-24-16-23(34-4)13-10-20(24)14-17(2)31(30-26)27(33)28-3/h8-13,15-18H,5-7,14H2,1-4H3,(H,28,33)/t17-/m0/s1. The Labute approximate surface area is 200 Å². The number of ether oxygens (including phenoxy) is 1. The summed E-state index contributed by atoms with van der Waals surface area (Å²) in [7, 11) is 3.29. The molecule has 0 spiro atoms. The van der Waals surface area contributed by atoms with E-state index in [1.165, 1.54) is 24.2 Å². The van der Waals surface area contributed by atoms with Crippen molar-refractivity contribution in [1.29, 1.82) is 0 Å². The van der Waals surface area contributed by atoms with Gasteiger partial charge in [-0.1, -0.05) is 25.1 Å². The van der Waals surface area contributed by atoms with Crippen molar-refractivity contribution >= 4 is 11.7 Å². The van der Waals surface area contributed by atoms with Gasteiger partial charge in [-0.15, -0.1) is 0 Å². The molecule has 0 bridgehead atoms. The Bertz CT molecular complexity index is 1240. The smallest absolute Gasteiger partial charge is 0.337 e. The monoisotopic (exact) mass is 457 g/mol. The second-order valence-electron chi connectivity index (χ2n) is 9.07. The van der Waals surface area contributed by atoms with Crippen LogP contribution in [-0.2, 0) is 12.8 Å². The van der Waals surface area contributed by atoms with E-state index >= 15 is 0 Å². The topological polar surface area (TPSA) is 71.8 Å². The molecule has 1 atom stereocenters. The van der Waals surface area contributed by atoms with Gasteiger partial charge in [-0.2, -0.15) is 10.2 Å². The third kappa shape index (κ3) is 4.06. The number of carbonyl (C=O) groups is 1. The number of urea groups is 1. The number of nitrogens with one attached hydrogen (secondary N) is 1. The van der Waals surface area contributed by atoms with Crippen molar-refractivity contribution in [2.24, 2.45) is 5.10 Å². The quantitative estimate of drug-likeness (QED) is 0.606. The van der Waals surface area contributed by atoms with Crippen molar-refractivity contribution < 1.29 is 9.53 Å². The molecule has 2 amide bonds. The molecule has 1 saturated carbocycles. The van der Waals surface area contributed by atoms with Crippen LogP contribution in [0.5, 0.6) is 5.75 Å². The zero-order chi connectivity index (χ0) is 23.8. The Kier molecular flexibility index (Phi) is 5.86.